The van der Waals surface area contributed by atoms with E-state index in [4.69, 9.17) is 16.7 Å². The van der Waals surface area contributed by atoms with Crippen LogP contribution >= 0.6 is 11.6 Å². The molecule has 5 nitrogen and oxygen atoms in total. The van der Waals surface area contributed by atoms with E-state index in [1.54, 1.807) is 17.8 Å². The number of aliphatic carboxylic acids is 1. The first-order chi connectivity index (χ1) is 7.55. The van der Waals surface area contributed by atoms with Crippen molar-refractivity contribution in [1.82, 2.24) is 14.9 Å². The average Bonchev–Trinajstić information content (AvgIpc) is 2.47. The maximum Gasteiger partial charge on any atom is 0.323 e. The number of rotatable bonds is 4. The second kappa shape index (κ2) is 4.07. The highest BCUT2D eigenvalue weighted by Crippen LogP contribution is 2.32. The van der Waals surface area contributed by atoms with Gasteiger partial charge in [0.2, 0.25) is 0 Å². The van der Waals surface area contributed by atoms with E-state index in [9.17, 15) is 4.79 Å². The predicted molar refractivity (Wildman–Crippen MR) is 59.3 cm³/mol. The van der Waals surface area contributed by atoms with Gasteiger partial charge in [0, 0.05) is 7.05 Å². The largest absolute Gasteiger partial charge is 0.480 e. The van der Waals surface area contributed by atoms with Gasteiger partial charge in [-0.25, -0.2) is 4.98 Å². The van der Waals surface area contributed by atoms with E-state index in [-0.39, 0.29) is 0 Å². The lowest BCUT2D eigenvalue weighted by molar-refractivity contribution is -0.148. The summed E-state index contributed by atoms with van der Waals surface area (Å²) < 4.78 is 1.74. The number of imidazole rings is 1. The van der Waals surface area contributed by atoms with E-state index in [1.165, 1.54) is 0 Å². The van der Waals surface area contributed by atoms with Crippen LogP contribution in [0.1, 0.15) is 25.1 Å². The Bertz CT molecular complexity index is 412. The molecule has 1 aromatic rings. The molecule has 2 N–H and O–H groups in total. The number of nitrogens with one attached hydrogen (secondary N) is 1. The van der Waals surface area contributed by atoms with Crippen molar-refractivity contribution in [3.8, 4) is 0 Å². The van der Waals surface area contributed by atoms with Gasteiger partial charge < -0.3 is 9.67 Å². The van der Waals surface area contributed by atoms with Gasteiger partial charge >= 0.3 is 5.97 Å². The van der Waals surface area contributed by atoms with Crippen molar-refractivity contribution in [3.63, 3.8) is 0 Å². The van der Waals surface area contributed by atoms with Crippen LogP contribution in [-0.2, 0) is 18.4 Å². The van der Waals surface area contributed by atoms with Crippen molar-refractivity contribution >= 4 is 17.6 Å². The van der Waals surface area contributed by atoms with Crippen LogP contribution in [0.25, 0.3) is 0 Å². The molecule has 0 amide bonds. The Hall–Kier alpha value is -1.07. The van der Waals surface area contributed by atoms with Gasteiger partial charge in [-0.15, -0.1) is 0 Å². The molecule has 88 valence electrons. The van der Waals surface area contributed by atoms with Crippen molar-refractivity contribution < 1.29 is 9.90 Å². The first kappa shape index (κ1) is 11.4. The highest BCUT2D eigenvalue weighted by Gasteiger charge is 2.44. The third kappa shape index (κ3) is 1.81. The summed E-state index contributed by atoms with van der Waals surface area (Å²) in [7, 11) is 1.81. The third-order valence-corrected chi connectivity index (χ3v) is 3.58. The molecule has 1 aliphatic carbocycles. The molecule has 1 aromatic heterocycles. The van der Waals surface area contributed by atoms with Crippen LogP contribution in [0.4, 0.5) is 0 Å². The molecule has 0 saturated heterocycles. The minimum Gasteiger partial charge on any atom is -0.480 e. The zero-order chi connectivity index (χ0) is 11.8. The Morgan fingerprint density at radius 2 is 2.44 bits per heavy atom. The van der Waals surface area contributed by atoms with Crippen LogP contribution < -0.4 is 5.32 Å². The summed E-state index contributed by atoms with van der Waals surface area (Å²) in [6.07, 6.45) is 3.88. The summed E-state index contributed by atoms with van der Waals surface area (Å²) >= 11 is 5.85. The maximum atomic E-state index is 11.1. The van der Waals surface area contributed by atoms with Gasteiger partial charge in [0.15, 0.2) is 0 Å². The summed E-state index contributed by atoms with van der Waals surface area (Å²) in [5.41, 5.74) is -0.752. The predicted octanol–water partition coefficient (Wildman–Crippen LogP) is 1.17. The van der Waals surface area contributed by atoms with Crippen LogP contribution in [-0.4, -0.2) is 26.2 Å². The summed E-state index contributed by atoms with van der Waals surface area (Å²) in [5.74, 6) is -0.0309. The molecule has 6 heteroatoms. The van der Waals surface area contributed by atoms with Crippen molar-refractivity contribution in [1.29, 1.82) is 0 Å². The fourth-order valence-electron chi connectivity index (χ4n) is 1.83. The Morgan fingerprint density at radius 1 is 1.75 bits per heavy atom. The molecule has 1 heterocycles. The molecule has 0 bridgehead atoms. The Morgan fingerprint density at radius 3 is 2.81 bits per heavy atom. The smallest absolute Gasteiger partial charge is 0.323 e. The number of carboxylic acids is 1. The molecule has 1 fully saturated rings. The molecular weight excluding hydrogens is 230 g/mol. The lowest BCUT2D eigenvalue weighted by atomic mass is 9.77. The van der Waals surface area contributed by atoms with Gasteiger partial charge in [0.25, 0.3) is 0 Å². The minimum atomic E-state index is -0.779. The van der Waals surface area contributed by atoms with Crippen molar-refractivity contribution in [2.24, 2.45) is 7.05 Å². The maximum absolute atomic E-state index is 11.1. The summed E-state index contributed by atoms with van der Waals surface area (Å²) in [6, 6.07) is 0. The van der Waals surface area contributed by atoms with Crippen LogP contribution in [0.15, 0.2) is 6.20 Å². The topological polar surface area (TPSA) is 67.2 Å². The Balaban J connectivity index is 2.02. The lowest BCUT2D eigenvalue weighted by Gasteiger charge is -2.38. The molecule has 16 heavy (non-hydrogen) atoms. The molecule has 0 aliphatic heterocycles. The van der Waals surface area contributed by atoms with E-state index < -0.39 is 11.5 Å². The minimum absolute atomic E-state index is 0.426. The first-order valence-corrected chi connectivity index (χ1v) is 5.57. The molecule has 0 unspecified atom stereocenters. The van der Waals surface area contributed by atoms with Gasteiger partial charge in [-0.1, -0.05) is 11.6 Å². The van der Waals surface area contributed by atoms with Gasteiger partial charge in [-0.3, -0.25) is 10.1 Å². The average molecular weight is 244 g/mol. The van der Waals surface area contributed by atoms with Gasteiger partial charge in [0.1, 0.15) is 16.5 Å². The first-order valence-electron chi connectivity index (χ1n) is 5.20. The van der Waals surface area contributed by atoms with Crippen LogP contribution in [0, 0.1) is 0 Å². The van der Waals surface area contributed by atoms with E-state index in [0.717, 1.165) is 12.2 Å². The second-order valence-corrected chi connectivity index (χ2v) is 4.54. The van der Waals surface area contributed by atoms with Crippen LogP contribution in [0.5, 0.6) is 0 Å². The van der Waals surface area contributed by atoms with Gasteiger partial charge in [-0.2, -0.15) is 0 Å². The Labute approximate surface area is 98.4 Å². The number of halogens is 1. The number of carbonyl (C=O) groups is 1. The quantitative estimate of drug-likeness (QED) is 0.833. The standard InChI is InChI=1S/C10H14ClN3O2/c1-14-7(11)5-12-8(14)6-13-10(9(15)16)3-2-4-10/h5,13H,2-4,6H2,1H3,(H,15,16). The summed E-state index contributed by atoms with van der Waals surface area (Å²) in [5, 5.41) is 12.7. The van der Waals surface area contributed by atoms with E-state index >= 15 is 0 Å². The van der Waals surface area contributed by atoms with E-state index in [2.05, 4.69) is 10.3 Å². The fraction of sp³-hybridized carbons (Fsp3) is 0.600. The van der Waals surface area contributed by atoms with E-state index in [1.807, 2.05) is 0 Å². The second-order valence-electron chi connectivity index (χ2n) is 4.15. The highest BCUT2D eigenvalue weighted by molar-refractivity contribution is 6.29. The number of carboxylic acid groups (broad SMARTS) is 1. The zero-order valence-electron chi connectivity index (χ0n) is 9.03. The van der Waals surface area contributed by atoms with Gasteiger partial charge in [0.05, 0.1) is 12.7 Å². The summed E-state index contributed by atoms with van der Waals surface area (Å²) in [4.78, 5) is 15.2. The number of hydrogen-bond acceptors (Lipinski definition) is 3. The zero-order valence-corrected chi connectivity index (χ0v) is 9.79. The van der Waals surface area contributed by atoms with Crippen LogP contribution in [0.3, 0.4) is 0 Å². The lowest BCUT2D eigenvalue weighted by Crippen LogP contribution is -2.56. The van der Waals surface area contributed by atoms with Crippen molar-refractivity contribution in [3.05, 3.63) is 17.2 Å². The number of hydrogen-bond donors (Lipinski definition) is 2. The van der Waals surface area contributed by atoms with Gasteiger partial charge in [-0.05, 0) is 19.3 Å². The molecule has 2 rings (SSSR count). The fourth-order valence-corrected chi connectivity index (χ4v) is 1.98. The number of nitrogens with zero attached hydrogens (tertiary/aromatic N) is 2. The highest BCUT2D eigenvalue weighted by atomic mass is 35.5. The molecule has 0 spiro atoms. The molecular formula is C10H14ClN3O2. The monoisotopic (exact) mass is 243 g/mol. The number of aromatic nitrogens is 2. The molecule has 0 aromatic carbocycles. The van der Waals surface area contributed by atoms with Crippen LogP contribution in [0.2, 0.25) is 5.15 Å². The summed E-state index contributed by atoms with van der Waals surface area (Å²) in [6.45, 7) is 0.426. The molecule has 0 atom stereocenters. The van der Waals surface area contributed by atoms with Crippen molar-refractivity contribution in [2.75, 3.05) is 0 Å². The molecule has 1 saturated carbocycles. The van der Waals surface area contributed by atoms with E-state index in [0.29, 0.717) is 24.5 Å². The normalized spacial score (nSPS) is 18.1. The Kier molecular flexibility index (Phi) is 2.90. The SMILES string of the molecule is Cn1c(Cl)cnc1CNC1(C(=O)O)CCC1. The van der Waals surface area contributed by atoms with Crippen molar-refractivity contribution in [2.45, 2.75) is 31.3 Å². The molecule has 1 aliphatic rings. The molecule has 0 radical (unpaired) electrons. The third-order valence-electron chi connectivity index (χ3n) is 3.23.